The first-order valence-corrected chi connectivity index (χ1v) is 6.12. The van der Waals surface area contributed by atoms with Gasteiger partial charge in [0.2, 0.25) is 0 Å². The SMILES string of the molecule is COc1cc2c(cc1OC)C(=O)N(CCC#N)CC2. The van der Waals surface area contributed by atoms with Crippen LogP contribution >= 0.6 is 0 Å². The summed E-state index contributed by atoms with van der Waals surface area (Å²) < 4.78 is 10.5. The van der Waals surface area contributed by atoms with Crippen molar-refractivity contribution in [1.29, 1.82) is 5.26 Å². The standard InChI is InChI=1S/C14H16N2O3/c1-18-12-8-10-4-7-16(6-3-5-15)14(17)11(10)9-13(12)19-2/h8-9H,3-4,6-7H2,1-2H3. The normalized spacial score (nSPS) is 13.7. The lowest BCUT2D eigenvalue weighted by Crippen LogP contribution is -2.38. The van der Waals surface area contributed by atoms with Gasteiger partial charge in [0, 0.05) is 18.7 Å². The van der Waals surface area contributed by atoms with Crippen LogP contribution in [0.15, 0.2) is 12.1 Å². The first-order valence-electron chi connectivity index (χ1n) is 6.12. The highest BCUT2D eigenvalue weighted by atomic mass is 16.5. The highest BCUT2D eigenvalue weighted by Gasteiger charge is 2.26. The summed E-state index contributed by atoms with van der Waals surface area (Å²) in [6.07, 6.45) is 1.13. The maximum atomic E-state index is 12.3. The lowest BCUT2D eigenvalue weighted by atomic mass is 9.98. The fraction of sp³-hybridized carbons (Fsp3) is 0.429. The van der Waals surface area contributed by atoms with Gasteiger partial charge in [0.05, 0.1) is 26.7 Å². The number of amides is 1. The van der Waals surface area contributed by atoms with E-state index < -0.39 is 0 Å². The molecule has 2 rings (SSSR count). The predicted molar refractivity (Wildman–Crippen MR) is 69.4 cm³/mol. The summed E-state index contributed by atoms with van der Waals surface area (Å²) in [7, 11) is 3.12. The Morgan fingerprint density at radius 2 is 2.00 bits per heavy atom. The lowest BCUT2D eigenvalue weighted by Gasteiger charge is -2.28. The molecule has 1 aliphatic heterocycles. The smallest absolute Gasteiger partial charge is 0.254 e. The molecule has 0 unspecified atom stereocenters. The molecule has 5 nitrogen and oxygen atoms in total. The van der Waals surface area contributed by atoms with Crippen molar-refractivity contribution in [2.75, 3.05) is 27.3 Å². The number of ether oxygens (including phenoxy) is 2. The van der Waals surface area contributed by atoms with Gasteiger partial charge in [-0.1, -0.05) is 0 Å². The molecule has 100 valence electrons. The maximum absolute atomic E-state index is 12.3. The van der Waals surface area contributed by atoms with Crippen molar-refractivity contribution in [3.63, 3.8) is 0 Å². The summed E-state index contributed by atoms with van der Waals surface area (Å²) in [6, 6.07) is 5.63. The lowest BCUT2D eigenvalue weighted by molar-refractivity contribution is 0.0743. The summed E-state index contributed by atoms with van der Waals surface area (Å²) in [4.78, 5) is 14.0. The van der Waals surface area contributed by atoms with Crippen molar-refractivity contribution >= 4 is 5.91 Å². The zero-order valence-corrected chi connectivity index (χ0v) is 11.1. The quantitative estimate of drug-likeness (QED) is 0.825. The Balaban J connectivity index is 2.33. The van der Waals surface area contributed by atoms with Crippen LogP contribution in [0.3, 0.4) is 0 Å². The van der Waals surface area contributed by atoms with Gasteiger partial charge in [0.1, 0.15) is 0 Å². The van der Waals surface area contributed by atoms with Crippen LogP contribution in [0.2, 0.25) is 0 Å². The van der Waals surface area contributed by atoms with Gasteiger partial charge in [-0.15, -0.1) is 0 Å². The molecule has 19 heavy (non-hydrogen) atoms. The van der Waals surface area contributed by atoms with Gasteiger partial charge in [-0.3, -0.25) is 4.79 Å². The zero-order valence-electron chi connectivity index (χ0n) is 11.1. The average Bonchev–Trinajstić information content (AvgIpc) is 2.45. The molecule has 0 aliphatic carbocycles. The van der Waals surface area contributed by atoms with Crippen molar-refractivity contribution in [3.8, 4) is 17.6 Å². The van der Waals surface area contributed by atoms with Crippen LogP contribution in [0.4, 0.5) is 0 Å². The molecule has 0 radical (unpaired) electrons. The molecule has 1 aromatic carbocycles. The molecular formula is C14H16N2O3. The molecule has 0 fully saturated rings. The third-order valence-electron chi connectivity index (χ3n) is 3.27. The fourth-order valence-electron chi connectivity index (χ4n) is 2.25. The van der Waals surface area contributed by atoms with Gasteiger partial charge in [-0.2, -0.15) is 5.26 Å². The number of methoxy groups -OCH3 is 2. The van der Waals surface area contributed by atoms with Crippen LogP contribution in [0.5, 0.6) is 11.5 Å². The van der Waals surface area contributed by atoms with Crippen LogP contribution < -0.4 is 9.47 Å². The molecule has 0 N–H and O–H groups in total. The number of carbonyl (C=O) groups excluding carboxylic acids is 1. The molecule has 0 saturated heterocycles. The molecule has 0 aromatic heterocycles. The number of hydrogen-bond acceptors (Lipinski definition) is 4. The molecule has 1 heterocycles. The molecule has 0 spiro atoms. The number of benzene rings is 1. The topological polar surface area (TPSA) is 62.6 Å². The number of nitrogens with zero attached hydrogens (tertiary/aromatic N) is 2. The van der Waals surface area contributed by atoms with Gasteiger partial charge in [-0.25, -0.2) is 0 Å². The highest BCUT2D eigenvalue weighted by Crippen LogP contribution is 2.33. The van der Waals surface area contributed by atoms with Gasteiger partial charge >= 0.3 is 0 Å². The zero-order chi connectivity index (χ0) is 13.8. The molecule has 5 heteroatoms. The molecule has 1 amide bonds. The Hall–Kier alpha value is -2.22. The fourth-order valence-corrected chi connectivity index (χ4v) is 2.25. The highest BCUT2D eigenvalue weighted by molar-refractivity contribution is 5.97. The van der Waals surface area contributed by atoms with Crippen molar-refractivity contribution in [1.82, 2.24) is 4.90 Å². The minimum Gasteiger partial charge on any atom is -0.493 e. The Morgan fingerprint density at radius 1 is 1.32 bits per heavy atom. The predicted octanol–water partition coefficient (Wildman–Crippen LogP) is 1.62. The molecule has 1 aromatic rings. The summed E-state index contributed by atoms with van der Waals surface area (Å²) >= 11 is 0. The van der Waals surface area contributed by atoms with E-state index in [1.54, 1.807) is 25.2 Å². The summed E-state index contributed by atoms with van der Waals surface area (Å²) in [5, 5.41) is 8.60. The van der Waals surface area contributed by atoms with E-state index in [1.165, 1.54) is 0 Å². The minimum atomic E-state index is -0.0440. The van der Waals surface area contributed by atoms with E-state index in [9.17, 15) is 4.79 Å². The van der Waals surface area contributed by atoms with E-state index in [0.29, 0.717) is 36.6 Å². The first kappa shape index (κ1) is 13.2. The van der Waals surface area contributed by atoms with Gasteiger partial charge in [0.15, 0.2) is 11.5 Å². The second-order valence-corrected chi connectivity index (χ2v) is 4.31. The van der Waals surface area contributed by atoms with E-state index in [-0.39, 0.29) is 5.91 Å². The van der Waals surface area contributed by atoms with E-state index >= 15 is 0 Å². The van der Waals surface area contributed by atoms with Crippen LogP contribution in [-0.4, -0.2) is 38.1 Å². The molecule has 0 atom stereocenters. The van der Waals surface area contributed by atoms with E-state index in [1.807, 2.05) is 6.07 Å². The van der Waals surface area contributed by atoms with Crippen LogP contribution in [0.1, 0.15) is 22.3 Å². The van der Waals surface area contributed by atoms with E-state index in [0.717, 1.165) is 12.0 Å². The summed E-state index contributed by atoms with van der Waals surface area (Å²) in [5.41, 5.74) is 1.61. The number of rotatable bonds is 4. The Bertz CT molecular complexity index is 534. The number of hydrogen-bond donors (Lipinski definition) is 0. The van der Waals surface area contributed by atoms with Gasteiger partial charge < -0.3 is 14.4 Å². The molecule has 1 aliphatic rings. The Morgan fingerprint density at radius 3 is 2.63 bits per heavy atom. The Labute approximate surface area is 112 Å². The largest absolute Gasteiger partial charge is 0.493 e. The van der Waals surface area contributed by atoms with Crippen LogP contribution in [0, 0.1) is 11.3 Å². The maximum Gasteiger partial charge on any atom is 0.254 e. The van der Waals surface area contributed by atoms with Crippen molar-refractivity contribution < 1.29 is 14.3 Å². The first-order chi connectivity index (χ1) is 9.21. The second-order valence-electron chi connectivity index (χ2n) is 4.31. The number of fused-ring (bicyclic) bond motifs is 1. The second kappa shape index (κ2) is 5.61. The number of carbonyl (C=O) groups is 1. The molecule has 0 saturated carbocycles. The Kier molecular flexibility index (Phi) is 3.91. The monoisotopic (exact) mass is 260 g/mol. The minimum absolute atomic E-state index is 0.0440. The van der Waals surface area contributed by atoms with E-state index in [4.69, 9.17) is 14.7 Å². The third kappa shape index (κ3) is 2.48. The van der Waals surface area contributed by atoms with Crippen molar-refractivity contribution in [2.24, 2.45) is 0 Å². The summed E-state index contributed by atoms with van der Waals surface area (Å²) in [6.45, 7) is 1.12. The average molecular weight is 260 g/mol. The molecular weight excluding hydrogens is 244 g/mol. The summed E-state index contributed by atoms with van der Waals surface area (Å²) in [5.74, 6) is 1.15. The van der Waals surface area contributed by atoms with E-state index in [2.05, 4.69) is 6.07 Å². The van der Waals surface area contributed by atoms with Crippen LogP contribution in [-0.2, 0) is 6.42 Å². The van der Waals surface area contributed by atoms with Crippen molar-refractivity contribution in [3.05, 3.63) is 23.3 Å². The van der Waals surface area contributed by atoms with Gasteiger partial charge in [-0.05, 0) is 24.1 Å². The number of nitriles is 1. The van der Waals surface area contributed by atoms with Crippen molar-refractivity contribution in [2.45, 2.75) is 12.8 Å². The third-order valence-corrected chi connectivity index (χ3v) is 3.27. The van der Waals surface area contributed by atoms with Crippen LogP contribution in [0.25, 0.3) is 0 Å². The molecule has 0 bridgehead atoms. The van der Waals surface area contributed by atoms with Gasteiger partial charge in [0.25, 0.3) is 5.91 Å².